The van der Waals surface area contributed by atoms with Gasteiger partial charge in [0.1, 0.15) is 11.5 Å². The molecule has 0 bridgehead atoms. The molecule has 3 rings (SSSR count). The Morgan fingerprint density at radius 1 is 0.905 bits per heavy atom. The summed E-state index contributed by atoms with van der Waals surface area (Å²) in [5.41, 5.74) is 4.60. The van der Waals surface area contributed by atoms with Crippen LogP contribution in [0.4, 0.5) is 0 Å². The molecule has 0 aliphatic carbocycles. The van der Waals surface area contributed by atoms with E-state index in [0.29, 0.717) is 0 Å². The first-order valence-electron chi connectivity index (χ1n) is 6.68. The van der Waals surface area contributed by atoms with Gasteiger partial charge in [-0.25, -0.2) is 0 Å². The van der Waals surface area contributed by atoms with Crippen LogP contribution in [-0.4, -0.2) is 20.0 Å². The SMILES string of the molecule is Cc1cc(-c2cc(-c3ccc(O)cc3)n(C)n2)ccc1O. The van der Waals surface area contributed by atoms with Crippen LogP contribution in [-0.2, 0) is 7.05 Å². The van der Waals surface area contributed by atoms with Gasteiger partial charge in [0.2, 0.25) is 0 Å². The third-order valence-electron chi connectivity index (χ3n) is 3.54. The number of benzene rings is 2. The smallest absolute Gasteiger partial charge is 0.118 e. The number of hydrogen-bond donors (Lipinski definition) is 2. The van der Waals surface area contributed by atoms with Crippen molar-refractivity contribution in [1.29, 1.82) is 0 Å². The monoisotopic (exact) mass is 280 g/mol. The van der Waals surface area contributed by atoms with Crippen LogP contribution in [0, 0.1) is 6.92 Å². The van der Waals surface area contributed by atoms with Crippen LogP contribution in [0.15, 0.2) is 48.5 Å². The molecule has 2 aromatic carbocycles. The van der Waals surface area contributed by atoms with Gasteiger partial charge in [0.25, 0.3) is 0 Å². The van der Waals surface area contributed by atoms with Crippen molar-refractivity contribution in [3.8, 4) is 34.0 Å². The first-order valence-corrected chi connectivity index (χ1v) is 6.68. The molecule has 0 spiro atoms. The molecular formula is C17H16N2O2. The number of nitrogens with zero attached hydrogens (tertiary/aromatic N) is 2. The standard InChI is InChI=1S/C17H16N2O2/c1-11-9-13(5-8-17(11)21)15-10-16(19(2)18-15)12-3-6-14(20)7-4-12/h3-10,20-21H,1-2H3. The molecule has 0 aliphatic heterocycles. The highest BCUT2D eigenvalue weighted by atomic mass is 16.3. The number of aryl methyl sites for hydroxylation is 2. The van der Waals surface area contributed by atoms with Gasteiger partial charge in [-0.15, -0.1) is 0 Å². The van der Waals surface area contributed by atoms with Crippen LogP contribution in [0.2, 0.25) is 0 Å². The lowest BCUT2D eigenvalue weighted by Gasteiger charge is -2.01. The molecule has 0 unspecified atom stereocenters. The topological polar surface area (TPSA) is 58.3 Å². The minimum absolute atomic E-state index is 0.246. The Morgan fingerprint density at radius 2 is 1.57 bits per heavy atom. The van der Waals surface area contributed by atoms with E-state index in [4.69, 9.17) is 0 Å². The fourth-order valence-corrected chi connectivity index (χ4v) is 2.33. The van der Waals surface area contributed by atoms with E-state index < -0.39 is 0 Å². The van der Waals surface area contributed by atoms with Crippen molar-refractivity contribution in [3.05, 3.63) is 54.1 Å². The zero-order chi connectivity index (χ0) is 15.0. The van der Waals surface area contributed by atoms with Crippen LogP contribution in [0.1, 0.15) is 5.56 Å². The van der Waals surface area contributed by atoms with Gasteiger partial charge in [0.05, 0.1) is 11.4 Å². The third kappa shape index (κ3) is 2.48. The maximum atomic E-state index is 9.61. The van der Waals surface area contributed by atoms with E-state index in [2.05, 4.69) is 5.10 Å². The Kier molecular flexibility index (Phi) is 3.14. The Balaban J connectivity index is 2.04. The van der Waals surface area contributed by atoms with E-state index in [-0.39, 0.29) is 11.5 Å². The molecule has 3 aromatic rings. The molecule has 4 heteroatoms. The van der Waals surface area contributed by atoms with Gasteiger partial charge in [-0.2, -0.15) is 5.10 Å². The number of hydrogen-bond acceptors (Lipinski definition) is 3. The highest BCUT2D eigenvalue weighted by Crippen LogP contribution is 2.29. The Bertz CT molecular complexity index is 789. The summed E-state index contributed by atoms with van der Waals surface area (Å²) in [6, 6.07) is 14.5. The minimum atomic E-state index is 0.246. The molecule has 0 saturated heterocycles. The van der Waals surface area contributed by atoms with Gasteiger partial charge < -0.3 is 10.2 Å². The molecule has 1 aromatic heterocycles. The predicted molar refractivity (Wildman–Crippen MR) is 82.1 cm³/mol. The second-order valence-electron chi connectivity index (χ2n) is 5.09. The highest BCUT2D eigenvalue weighted by molar-refractivity contribution is 5.70. The maximum Gasteiger partial charge on any atom is 0.118 e. The van der Waals surface area contributed by atoms with E-state index in [0.717, 1.165) is 28.1 Å². The van der Waals surface area contributed by atoms with Gasteiger partial charge in [-0.1, -0.05) is 0 Å². The number of rotatable bonds is 2. The van der Waals surface area contributed by atoms with Crippen molar-refractivity contribution < 1.29 is 10.2 Å². The lowest BCUT2D eigenvalue weighted by molar-refractivity contribution is 0.471. The summed E-state index contributed by atoms with van der Waals surface area (Å²) in [6.07, 6.45) is 0. The number of phenolic OH excluding ortho intramolecular Hbond substituents is 2. The lowest BCUT2D eigenvalue weighted by atomic mass is 10.1. The zero-order valence-corrected chi connectivity index (χ0v) is 11.9. The van der Waals surface area contributed by atoms with Crippen molar-refractivity contribution in [2.75, 3.05) is 0 Å². The number of aromatic nitrogens is 2. The van der Waals surface area contributed by atoms with E-state index in [1.165, 1.54) is 0 Å². The second kappa shape index (κ2) is 4.98. The van der Waals surface area contributed by atoms with Gasteiger partial charge in [-0.3, -0.25) is 4.68 Å². The molecule has 0 aliphatic rings. The molecule has 0 fully saturated rings. The Labute approximate surface area is 122 Å². The van der Waals surface area contributed by atoms with Crippen LogP contribution in [0.25, 0.3) is 22.5 Å². The predicted octanol–water partition coefficient (Wildman–Crippen LogP) is 3.47. The van der Waals surface area contributed by atoms with Gasteiger partial charge in [-0.05, 0) is 61.0 Å². The largest absolute Gasteiger partial charge is 0.508 e. The fraction of sp³-hybridized carbons (Fsp3) is 0.118. The first kappa shape index (κ1) is 13.2. The quantitative estimate of drug-likeness (QED) is 0.755. The minimum Gasteiger partial charge on any atom is -0.508 e. The van der Waals surface area contributed by atoms with Crippen molar-refractivity contribution in [1.82, 2.24) is 9.78 Å². The van der Waals surface area contributed by atoms with Crippen molar-refractivity contribution in [2.45, 2.75) is 6.92 Å². The molecule has 0 radical (unpaired) electrons. The average molecular weight is 280 g/mol. The summed E-state index contributed by atoms with van der Waals surface area (Å²) in [5.74, 6) is 0.531. The van der Waals surface area contributed by atoms with Crippen molar-refractivity contribution in [3.63, 3.8) is 0 Å². The van der Waals surface area contributed by atoms with Gasteiger partial charge >= 0.3 is 0 Å². The van der Waals surface area contributed by atoms with Gasteiger partial charge in [0, 0.05) is 18.2 Å². The van der Waals surface area contributed by atoms with Crippen LogP contribution in [0.3, 0.4) is 0 Å². The zero-order valence-electron chi connectivity index (χ0n) is 11.9. The van der Waals surface area contributed by atoms with Crippen LogP contribution < -0.4 is 0 Å². The average Bonchev–Trinajstić information content (AvgIpc) is 2.85. The summed E-state index contributed by atoms with van der Waals surface area (Å²) >= 11 is 0. The van der Waals surface area contributed by atoms with Crippen molar-refractivity contribution in [2.24, 2.45) is 7.05 Å². The molecule has 21 heavy (non-hydrogen) atoms. The lowest BCUT2D eigenvalue weighted by Crippen LogP contribution is -1.93. The summed E-state index contributed by atoms with van der Waals surface area (Å²) in [6.45, 7) is 1.86. The molecule has 0 saturated carbocycles. The normalized spacial score (nSPS) is 10.8. The van der Waals surface area contributed by atoms with Gasteiger partial charge in [0.15, 0.2) is 0 Å². The van der Waals surface area contributed by atoms with Crippen molar-refractivity contribution >= 4 is 0 Å². The third-order valence-corrected chi connectivity index (χ3v) is 3.54. The summed E-state index contributed by atoms with van der Waals surface area (Å²) in [5, 5.41) is 23.5. The fourth-order valence-electron chi connectivity index (χ4n) is 2.33. The molecule has 4 nitrogen and oxygen atoms in total. The van der Waals surface area contributed by atoms with E-state index in [9.17, 15) is 10.2 Å². The molecule has 106 valence electrons. The molecule has 0 amide bonds. The molecule has 2 N–H and O–H groups in total. The summed E-state index contributed by atoms with van der Waals surface area (Å²) in [4.78, 5) is 0. The van der Waals surface area contributed by atoms with Crippen LogP contribution >= 0.6 is 0 Å². The summed E-state index contributed by atoms with van der Waals surface area (Å²) in [7, 11) is 1.89. The maximum absolute atomic E-state index is 9.61. The van der Waals surface area contributed by atoms with E-state index >= 15 is 0 Å². The molecule has 1 heterocycles. The van der Waals surface area contributed by atoms with E-state index in [1.54, 1.807) is 18.2 Å². The molecule has 0 atom stereocenters. The Hall–Kier alpha value is -2.75. The second-order valence-corrected chi connectivity index (χ2v) is 5.09. The number of aromatic hydroxyl groups is 2. The Morgan fingerprint density at radius 3 is 2.24 bits per heavy atom. The molecular weight excluding hydrogens is 264 g/mol. The first-order chi connectivity index (χ1) is 10.0. The highest BCUT2D eigenvalue weighted by Gasteiger charge is 2.10. The van der Waals surface area contributed by atoms with Crippen LogP contribution in [0.5, 0.6) is 11.5 Å². The summed E-state index contributed by atoms with van der Waals surface area (Å²) < 4.78 is 1.81. The number of phenols is 2. The van der Waals surface area contributed by atoms with E-state index in [1.807, 2.05) is 49.0 Å².